The smallest absolute Gasteiger partial charge is 0.261 e. The Morgan fingerprint density at radius 2 is 1.97 bits per heavy atom. The van der Waals surface area contributed by atoms with Crippen molar-refractivity contribution in [3.05, 3.63) is 53.7 Å². The molecular formula is C21H26F2N6O3S. The number of sulfonamides is 1. The highest BCUT2D eigenvalue weighted by Crippen LogP contribution is 2.29. The van der Waals surface area contributed by atoms with E-state index in [1.807, 2.05) is 4.72 Å². The number of nitrogens with two attached hydrogens (primary N) is 1. The number of nitrogens with zero attached hydrogens (tertiary/aromatic N) is 2. The van der Waals surface area contributed by atoms with Gasteiger partial charge in [-0.15, -0.1) is 0 Å². The third-order valence-electron chi connectivity index (χ3n) is 5.14. The zero-order valence-corrected chi connectivity index (χ0v) is 18.9. The van der Waals surface area contributed by atoms with E-state index in [0.717, 1.165) is 38.1 Å². The Hall–Kier alpha value is -3.25. The molecule has 3 rings (SSSR count). The summed E-state index contributed by atoms with van der Waals surface area (Å²) in [6.07, 6.45) is 3.62. The van der Waals surface area contributed by atoms with Crippen LogP contribution >= 0.6 is 0 Å². The number of aromatic nitrogens is 1. The molecule has 12 heteroatoms. The van der Waals surface area contributed by atoms with E-state index < -0.39 is 38.8 Å². The summed E-state index contributed by atoms with van der Waals surface area (Å²) in [7, 11) is -3.84. The summed E-state index contributed by atoms with van der Waals surface area (Å²) in [6, 6.07) is 3.29. The predicted octanol–water partition coefficient (Wildman–Crippen LogP) is 3.12. The highest BCUT2D eigenvalue weighted by atomic mass is 32.2. The number of amides is 1. The number of hydrogen-bond acceptors (Lipinski definition) is 7. The monoisotopic (exact) mass is 480 g/mol. The molecule has 1 aromatic heterocycles. The van der Waals surface area contributed by atoms with Crippen molar-refractivity contribution in [1.29, 1.82) is 0 Å². The molecule has 0 unspecified atom stereocenters. The van der Waals surface area contributed by atoms with Crippen molar-refractivity contribution in [2.45, 2.75) is 26.2 Å². The first kappa shape index (κ1) is 24.4. The third kappa shape index (κ3) is 5.57. The van der Waals surface area contributed by atoms with Crippen LogP contribution in [-0.4, -0.2) is 43.1 Å². The fraction of sp³-hybridized carbons (Fsp3) is 0.333. The standard InChI is InChI=1S/C21H26F2N6O3S/c1-3-10-33(31,32)28-17-7-6-16(22)18(19(17)23)21(30)26-14-11-15(20(27-24)25-12-14)13(2)29-8-4-5-9-29/h6-7,11-12,28H,2-5,8-10,24H2,1H3,(H,25,27)(H,26,30). The SMILES string of the molecule is C=C(c1cc(NC(=O)c2c(F)ccc(NS(=O)(=O)CCC)c2F)cnc1NN)N1CCCC1. The molecule has 2 heterocycles. The van der Waals surface area contributed by atoms with Gasteiger partial charge in [-0.1, -0.05) is 13.5 Å². The Bertz CT molecular complexity index is 1170. The van der Waals surface area contributed by atoms with Crippen LogP contribution in [0.4, 0.5) is 26.0 Å². The Balaban J connectivity index is 1.89. The minimum atomic E-state index is -3.84. The van der Waals surface area contributed by atoms with Gasteiger partial charge in [0, 0.05) is 24.4 Å². The molecule has 0 saturated carbocycles. The summed E-state index contributed by atoms with van der Waals surface area (Å²) in [5.41, 5.74) is 2.37. The molecule has 1 aliphatic heterocycles. The number of anilines is 3. The van der Waals surface area contributed by atoms with Gasteiger partial charge in [-0.05, 0) is 37.5 Å². The van der Waals surface area contributed by atoms with E-state index in [4.69, 9.17) is 5.84 Å². The topological polar surface area (TPSA) is 129 Å². The fourth-order valence-electron chi connectivity index (χ4n) is 3.55. The van der Waals surface area contributed by atoms with Crippen molar-refractivity contribution >= 4 is 38.8 Å². The number of hydrazine groups is 1. The first-order chi connectivity index (χ1) is 15.7. The van der Waals surface area contributed by atoms with Crippen LogP contribution in [0.15, 0.2) is 31.0 Å². The summed E-state index contributed by atoms with van der Waals surface area (Å²) in [5.74, 6) is 2.06. The molecule has 1 fully saturated rings. The maximum atomic E-state index is 14.9. The second-order valence-corrected chi connectivity index (χ2v) is 9.41. The van der Waals surface area contributed by atoms with E-state index in [1.165, 1.54) is 6.20 Å². The van der Waals surface area contributed by atoms with Gasteiger partial charge in [0.05, 0.1) is 23.3 Å². The molecule has 178 valence electrons. The van der Waals surface area contributed by atoms with E-state index in [0.29, 0.717) is 23.5 Å². The molecular weight excluding hydrogens is 454 g/mol. The van der Waals surface area contributed by atoms with Crippen molar-refractivity contribution < 1.29 is 22.0 Å². The summed E-state index contributed by atoms with van der Waals surface area (Å²) in [5, 5.41) is 2.41. The van der Waals surface area contributed by atoms with Crippen LogP contribution in [0.25, 0.3) is 5.70 Å². The maximum Gasteiger partial charge on any atom is 0.261 e. The van der Waals surface area contributed by atoms with Gasteiger partial charge in [-0.2, -0.15) is 0 Å². The Morgan fingerprint density at radius 1 is 1.27 bits per heavy atom. The molecule has 0 bridgehead atoms. The molecule has 1 aromatic carbocycles. The number of hydrogen-bond donors (Lipinski definition) is 4. The van der Waals surface area contributed by atoms with E-state index in [1.54, 1.807) is 13.0 Å². The Kier molecular flexibility index (Phi) is 7.49. The first-order valence-corrected chi connectivity index (χ1v) is 12.0. The number of benzene rings is 1. The van der Waals surface area contributed by atoms with Crippen LogP contribution in [0.1, 0.15) is 42.1 Å². The normalized spacial score (nSPS) is 13.6. The number of carbonyl (C=O) groups is 1. The van der Waals surface area contributed by atoms with Gasteiger partial charge in [-0.3, -0.25) is 9.52 Å². The van der Waals surface area contributed by atoms with E-state index in [9.17, 15) is 22.0 Å². The van der Waals surface area contributed by atoms with Crippen LogP contribution in [0, 0.1) is 11.6 Å². The summed E-state index contributed by atoms with van der Waals surface area (Å²) in [4.78, 5) is 18.9. The number of nitrogens with one attached hydrogen (secondary N) is 3. The Morgan fingerprint density at radius 3 is 2.61 bits per heavy atom. The van der Waals surface area contributed by atoms with Gasteiger partial charge >= 0.3 is 0 Å². The zero-order valence-electron chi connectivity index (χ0n) is 18.1. The van der Waals surface area contributed by atoms with Crippen molar-refractivity contribution in [3.8, 4) is 0 Å². The number of halogens is 2. The largest absolute Gasteiger partial charge is 0.371 e. The quantitative estimate of drug-likeness (QED) is 0.321. The van der Waals surface area contributed by atoms with Crippen LogP contribution in [0.3, 0.4) is 0 Å². The molecule has 0 atom stereocenters. The van der Waals surface area contributed by atoms with Gasteiger partial charge in [0.15, 0.2) is 5.82 Å². The zero-order chi connectivity index (χ0) is 24.2. The average molecular weight is 481 g/mol. The van der Waals surface area contributed by atoms with Crippen LogP contribution in [0.5, 0.6) is 0 Å². The van der Waals surface area contributed by atoms with Gasteiger partial charge in [-0.25, -0.2) is 28.0 Å². The lowest BCUT2D eigenvalue weighted by Gasteiger charge is -2.22. The predicted molar refractivity (Wildman–Crippen MR) is 124 cm³/mol. The lowest BCUT2D eigenvalue weighted by Crippen LogP contribution is -2.22. The van der Waals surface area contributed by atoms with Crippen molar-refractivity contribution in [2.24, 2.45) is 5.84 Å². The van der Waals surface area contributed by atoms with Crippen LogP contribution < -0.4 is 21.3 Å². The fourth-order valence-corrected chi connectivity index (χ4v) is 4.68. The number of carbonyl (C=O) groups excluding carboxylic acids is 1. The Labute approximate surface area is 191 Å². The van der Waals surface area contributed by atoms with E-state index >= 15 is 0 Å². The average Bonchev–Trinajstić information content (AvgIpc) is 3.30. The molecule has 1 aliphatic rings. The van der Waals surface area contributed by atoms with Gasteiger partial charge in [0.1, 0.15) is 17.2 Å². The number of nitrogen functional groups attached to an aromatic ring is 1. The molecule has 9 nitrogen and oxygen atoms in total. The summed E-state index contributed by atoms with van der Waals surface area (Å²) < 4.78 is 55.2. The van der Waals surface area contributed by atoms with Gasteiger partial charge in [0.25, 0.3) is 5.91 Å². The van der Waals surface area contributed by atoms with Gasteiger partial charge < -0.3 is 15.6 Å². The highest BCUT2D eigenvalue weighted by molar-refractivity contribution is 7.92. The number of likely N-dealkylation sites (tertiary alicyclic amines) is 1. The first-order valence-electron chi connectivity index (χ1n) is 10.4. The minimum absolute atomic E-state index is 0.158. The lowest BCUT2D eigenvalue weighted by atomic mass is 10.1. The number of rotatable bonds is 9. The molecule has 33 heavy (non-hydrogen) atoms. The van der Waals surface area contributed by atoms with E-state index in [-0.39, 0.29) is 11.4 Å². The molecule has 1 saturated heterocycles. The summed E-state index contributed by atoms with van der Waals surface area (Å²) in [6.45, 7) is 7.35. The molecule has 2 aromatic rings. The summed E-state index contributed by atoms with van der Waals surface area (Å²) >= 11 is 0. The molecule has 0 aliphatic carbocycles. The lowest BCUT2D eigenvalue weighted by molar-refractivity contribution is 0.101. The third-order valence-corrected chi connectivity index (χ3v) is 6.61. The van der Waals surface area contributed by atoms with Crippen molar-refractivity contribution in [2.75, 3.05) is 34.3 Å². The van der Waals surface area contributed by atoms with Crippen LogP contribution in [-0.2, 0) is 10.0 Å². The molecule has 5 N–H and O–H groups in total. The molecule has 0 spiro atoms. The second kappa shape index (κ2) is 10.1. The number of pyridine rings is 1. The van der Waals surface area contributed by atoms with Crippen molar-refractivity contribution in [3.63, 3.8) is 0 Å². The molecule has 0 radical (unpaired) electrons. The second-order valence-electron chi connectivity index (χ2n) is 7.56. The van der Waals surface area contributed by atoms with E-state index in [2.05, 4.69) is 27.2 Å². The molecule has 1 amide bonds. The van der Waals surface area contributed by atoms with Crippen LogP contribution in [0.2, 0.25) is 0 Å². The highest BCUT2D eigenvalue weighted by Gasteiger charge is 2.24. The van der Waals surface area contributed by atoms with Gasteiger partial charge in [0.2, 0.25) is 10.0 Å². The maximum absolute atomic E-state index is 14.9. The van der Waals surface area contributed by atoms with Crippen molar-refractivity contribution in [1.82, 2.24) is 9.88 Å². The minimum Gasteiger partial charge on any atom is -0.371 e.